The highest BCUT2D eigenvalue weighted by atomic mass is 32.2. The number of amides is 1. The van der Waals surface area contributed by atoms with Crippen LogP contribution in [0.3, 0.4) is 0 Å². The van der Waals surface area contributed by atoms with Gasteiger partial charge in [-0.3, -0.25) is 4.79 Å². The molecule has 1 heterocycles. The number of nitrogens with two attached hydrogens (primary N) is 2. The minimum Gasteiger partial charge on any atom is -0.397 e. The third kappa shape index (κ3) is 2.63. The van der Waals surface area contributed by atoms with E-state index in [0.29, 0.717) is 10.7 Å². The molecule has 0 fully saturated rings. The molecule has 1 rings (SSSR count). The summed E-state index contributed by atoms with van der Waals surface area (Å²) in [6, 6.07) is 3.19. The quantitative estimate of drug-likeness (QED) is 0.735. The number of hydrogen-bond donors (Lipinski definition) is 2. The van der Waals surface area contributed by atoms with Crippen molar-refractivity contribution < 1.29 is 4.79 Å². The molecule has 0 bridgehead atoms. The maximum absolute atomic E-state index is 10.8. The van der Waals surface area contributed by atoms with Crippen molar-refractivity contribution in [3.63, 3.8) is 0 Å². The van der Waals surface area contributed by atoms with Crippen LogP contribution in [0.2, 0.25) is 0 Å². The topological polar surface area (TPSA) is 82.0 Å². The maximum Gasteiger partial charge on any atom is 0.267 e. The highest BCUT2D eigenvalue weighted by Gasteiger charge is 2.06. The van der Waals surface area contributed by atoms with Crippen molar-refractivity contribution in [1.29, 1.82) is 0 Å². The largest absolute Gasteiger partial charge is 0.397 e. The second-order valence-corrected chi connectivity index (χ2v) is 3.89. The number of nitrogen functional groups attached to an aromatic ring is 1. The van der Waals surface area contributed by atoms with E-state index in [-0.39, 0.29) is 5.69 Å². The van der Waals surface area contributed by atoms with E-state index in [1.807, 2.05) is 0 Å². The summed E-state index contributed by atoms with van der Waals surface area (Å²) in [6.07, 6.45) is 1.03. The summed E-state index contributed by atoms with van der Waals surface area (Å²) in [5.41, 5.74) is 11.7. The van der Waals surface area contributed by atoms with Gasteiger partial charge in [-0.05, 0) is 24.3 Å². The average Bonchev–Trinajstić information content (AvgIpc) is 2.16. The van der Waals surface area contributed by atoms with E-state index in [9.17, 15) is 4.79 Å². The van der Waals surface area contributed by atoms with Crippen molar-refractivity contribution in [3.8, 4) is 0 Å². The first-order valence-electron chi connectivity index (χ1n) is 4.34. The molecule has 5 heteroatoms. The molecule has 1 amide bonds. The minimum absolute atomic E-state index is 0.262. The van der Waals surface area contributed by atoms with Gasteiger partial charge < -0.3 is 11.5 Å². The van der Waals surface area contributed by atoms with Crippen LogP contribution in [0.4, 0.5) is 5.69 Å². The number of hydrogen-bond acceptors (Lipinski definition) is 4. The number of carbonyl (C=O) groups excluding carboxylic acids is 1. The van der Waals surface area contributed by atoms with Crippen LogP contribution in [0.5, 0.6) is 0 Å². The van der Waals surface area contributed by atoms with Crippen molar-refractivity contribution in [2.24, 2.45) is 5.73 Å². The van der Waals surface area contributed by atoms with Crippen LogP contribution in [-0.2, 0) is 0 Å². The normalized spacial score (nSPS) is 10.1. The Morgan fingerprint density at radius 1 is 1.57 bits per heavy atom. The molecule has 0 aliphatic heterocycles. The van der Waals surface area contributed by atoms with E-state index in [0.717, 1.165) is 12.2 Å². The Labute approximate surface area is 87.1 Å². The molecule has 4 N–H and O–H groups in total. The van der Waals surface area contributed by atoms with Gasteiger partial charge in [0, 0.05) is 0 Å². The fraction of sp³-hybridized carbons (Fsp3) is 0.333. The van der Waals surface area contributed by atoms with Gasteiger partial charge in [-0.2, -0.15) is 0 Å². The zero-order valence-corrected chi connectivity index (χ0v) is 8.80. The Morgan fingerprint density at radius 2 is 2.29 bits per heavy atom. The number of primary amides is 1. The van der Waals surface area contributed by atoms with E-state index in [4.69, 9.17) is 11.5 Å². The molecule has 0 radical (unpaired) electrons. The van der Waals surface area contributed by atoms with Crippen LogP contribution in [-0.4, -0.2) is 16.6 Å². The molecule has 1 aromatic heterocycles. The fourth-order valence-electron chi connectivity index (χ4n) is 0.903. The molecule has 0 spiro atoms. The first-order valence-corrected chi connectivity index (χ1v) is 5.32. The van der Waals surface area contributed by atoms with Crippen LogP contribution in [0.15, 0.2) is 17.2 Å². The monoisotopic (exact) mass is 211 g/mol. The van der Waals surface area contributed by atoms with Gasteiger partial charge in [0.15, 0.2) is 0 Å². The molecule has 14 heavy (non-hydrogen) atoms. The number of aromatic nitrogens is 1. The Bertz CT molecular complexity index is 341. The first kappa shape index (κ1) is 10.8. The lowest BCUT2D eigenvalue weighted by atomic mass is 10.3. The molecule has 0 atom stereocenters. The van der Waals surface area contributed by atoms with Gasteiger partial charge in [-0.15, -0.1) is 11.8 Å². The predicted octanol–water partition coefficient (Wildman–Crippen LogP) is 1.26. The van der Waals surface area contributed by atoms with Gasteiger partial charge in [0.05, 0.1) is 5.69 Å². The summed E-state index contributed by atoms with van der Waals surface area (Å²) >= 11 is 1.53. The molecular formula is C9H13N3OS. The molecule has 0 unspecified atom stereocenters. The Morgan fingerprint density at radius 3 is 2.86 bits per heavy atom. The van der Waals surface area contributed by atoms with Crippen molar-refractivity contribution in [3.05, 3.63) is 17.8 Å². The number of thioether (sulfide) groups is 1. The number of anilines is 1. The fourth-order valence-corrected chi connectivity index (χ4v) is 1.70. The third-order valence-corrected chi connectivity index (χ3v) is 2.80. The van der Waals surface area contributed by atoms with Crippen LogP contribution < -0.4 is 11.5 Å². The zero-order valence-electron chi connectivity index (χ0n) is 7.99. The van der Waals surface area contributed by atoms with Crippen molar-refractivity contribution >= 4 is 23.4 Å². The van der Waals surface area contributed by atoms with Gasteiger partial charge >= 0.3 is 0 Å². The molecule has 0 saturated heterocycles. The second kappa shape index (κ2) is 4.85. The molecule has 0 saturated carbocycles. The molecule has 76 valence electrons. The number of rotatable bonds is 4. The van der Waals surface area contributed by atoms with Gasteiger partial charge in [-0.25, -0.2) is 4.98 Å². The van der Waals surface area contributed by atoms with Crippen molar-refractivity contribution in [2.45, 2.75) is 18.4 Å². The van der Waals surface area contributed by atoms with Gasteiger partial charge in [0.25, 0.3) is 5.91 Å². The van der Waals surface area contributed by atoms with E-state index >= 15 is 0 Å². The zero-order chi connectivity index (χ0) is 10.6. The van der Waals surface area contributed by atoms with Crippen molar-refractivity contribution in [2.75, 3.05) is 11.5 Å². The number of nitrogens with zero attached hydrogens (tertiary/aromatic N) is 1. The smallest absolute Gasteiger partial charge is 0.267 e. The Kier molecular flexibility index (Phi) is 3.76. The van der Waals surface area contributed by atoms with Crippen LogP contribution >= 0.6 is 11.8 Å². The van der Waals surface area contributed by atoms with Gasteiger partial charge in [-0.1, -0.05) is 6.92 Å². The van der Waals surface area contributed by atoms with Crippen LogP contribution in [0.25, 0.3) is 0 Å². The first-order chi connectivity index (χ1) is 6.65. The van der Waals surface area contributed by atoms with E-state index < -0.39 is 5.91 Å². The molecular weight excluding hydrogens is 198 g/mol. The lowest BCUT2D eigenvalue weighted by Crippen LogP contribution is -2.13. The minimum atomic E-state index is -0.525. The van der Waals surface area contributed by atoms with Gasteiger partial charge in [0.1, 0.15) is 10.7 Å². The Hall–Kier alpha value is -1.23. The molecule has 4 nitrogen and oxygen atoms in total. The third-order valence-electron chi connectivity index (χ3n) is 1.59. The molecule has 0 aromatic carbocycles. The highest BCUT2D eigenvalue weighted by molar-refractivity contribution is 7.99. The lowest BCUT2D eigenvalue weighted by Gasteiger charge is -2.04. The lowest BCUT2D eigenvalue weighted by molar-refractivity contribution is 0.0995. The Balaban J connectivity index is 2.90. The summed E-state index contributed by atoms with van der Waals surface area (Å²) < 4.78 is 0. The molecule has 0 aliphatic carbocycles. The van der Waals surface area contributed by atoms with E-state index in [2.05, 4.69) is 11.9 Å². The summed E-state index contributed by atoms with van der Waals surface area (Å²) in [4.78, 5) is 14.9. The summed E-state index contributed by atoms with van der Waals surface area (Å²) in [6.45, 7) is 2.07. The molecule has 0 aliphatic rings. The van der Waals surface area contributed by atoms with Crippen LogP contribution in [0.1, 0.15) is 23.8 Å². The van der Waals surface area contributed by atoms with E-state index in [1.54, 1.807) is 6.07 Å². The van der Waals surface area contributed by atoms with Crippen molar-refractivity contribution in [1.82, 2.24) is 4.98 Å². The van der Waals surface area contributed by atoms with E-state index in [1.165, 1.54) is 17.8 Å². The number of pyridine rings is 1. The van der Waals surface area contributed by atoms with Crippen LogP contribution in [0, 0.1) is 0 Å². The van der Waals surface area contributed by atoms with Gasteiger partial charge in [0.2, 0.25) is 0 Å². The standard InChI is InChI=1S/C9H13N3OS/c1-2-5-14-9-6(10)3-4-7(12-9)8(11)13/h3-4H,2,5,10H2,1H3,(H2,11,13). The molecule has 1 aromatic rings. The summed E-state index contributed by atoms with van der Waals surface area (Å²) in [5, 5.41) is 0.683. The second-order valence-electron chi connectivity index (χ2n) is 2.80. The highest BCUT2D eigenvalue weighted by Crippen LogP contribution is 2.23. The predicted molar refractivity (Wildman–Crippen MR) is 58.2 cm³/mol. The summed E-state index contributed by atoms with van der Waals surface area (Å²) in [7, 11) is 0. The number of carbonyl (C=O) groups is 1. The SMILES string of the molecule is CCCSc1nc(C(N)=O)ccc1N. The summed E-state index contributed by atoms with van der Waals surface area (Å²) in [5.74, 6) is 0.405. The maximum atomic E-state index is 10.8. The average molecular weight is 211 g/mol.